The molecule has 1 aromatic carbocycles. The fourth-order valence-electron chi connectivity index (χ4n) is 3.83. The first kappa shape index (κ1) is 20.8. The SMILES string of the molecule is Cc1nc(CN2CCC[C@H]2c2csc(NC(=O)c3ccc(C(C)(C)C)cc3)n2)co1. The second-order valence-corrected chi connectivity index (χ2v) is 9.70. The fourth-order valence-corrected chi connectivity index (χ4v) is 4.58. The number of carbonyl (C=O) groups excluding carboxylic acids is 1. The maximum Gasteiger partial charge on any atom is 0.257 e. The van der Waals surface area contributed by atoms with E-state index in [9.17, 15) is 4.79 Å². The van der Waals surface area contributed by atoms with Crippen LogP contribution in [0, 0.1) is 6.92 Å². The molecule has 3 aromatic rings. The summed E-state index contributed by atoms with van der Waals surface area (Å²) in [5.74, 6) is 0.563. The summed E-state index contributed by atoms with van der Waals surface area (Å²) in [7, 11) is 0. The maximum atomic E-state index is 12.6. The largest absolute Gasteiger partial charge is 0.449 e. The summed E-state index contributed by atoms with van der Waals surface area (Å²) >= 11 is 1.48. The third-order valence-corrected chi connectivity index (χ3v) is 6.27. The van der Waals surface area contributed by atoms with Crippen LogP contribution in [0.1, 0.15) is 72.9 Å². The van der Waals surface area contributed by atoms with Crippen LogP contribution in [0.25, 0.3) is 0 Å². The number of amides is 1. The van der Waals surface area contributed by atoms with Crippen molar-refractivity contribution in [1.29, 1.82) is 0 Å². The van der Waals surface area contributed by atoms with Crippen molar-refractivity contribution >= 4 is 22.4 Å². The van der Waals surface area contributed by atoms with Crippen molar-refractivity contribution in [3.63, 3.8) is 0 Å². The van der Waals surface area contributed by atoms with E-state index in [1.54, 1.807) is 6.26 Å². The standard InChI is InChI=1S/C23H28N4O2S/c1-15-24-18(13-29-15)12-27-11-5-6-20(27)19-14-30-22(25-19)26-21(28)16-7-9-17(10-8-16)23(2,3)4/h7-10,13-14,20H,5-6,11-12H2,1-4H3,(H,25,26,28)/t20-/m0/s1. The van der Waals surface area contributed by atoms with Crippen LogP contribution in [0.15, 0.2) is 40.3 Å². The smallest absolute Gasteiger partial charge is 0.257 e. The van der Waals surface area contributed by atoms with E-state index in [-0.39, 0.29) is 17.4 Å². The van der Waals surface area contributed by atoms with Gasteiger partial charge in [-0.25, -0.2) is 9.97 Å². The molecule has 1 amide bonds. The van der Waals surface area contributed by atoms with Gasteiger partial charge in [-0.2, -0.15) is 0 Å². The fraction of sp³-hybridized carbons (Fsp3) is 0.435. The molecule has 0 bridgehead atoms. The maximum absolute atomic E-state index is 12.6. The lowest BCUT2D eigenvalue weighted by atomic mass is 9.87. The monoisotopic (exact) mass is 424 g/mol. The lowest BCUT2D eigenvalue weighted by molar-refractivity contribution is 0.102. The van der Waals surface area contributed by atoms with Crippen molar-refractivity contribution < 1.29 is 9.21 Å². The molecule has 0 aliphatic carbocycles. The Morgan fingerprint density at radius 3 is 2.70 bits per heavy atom. The minimum atomic E-state index is -0.127. The molecule has 0 spiro atoms. The second-order valence-electron chi connectivity index (χ2n) is 8.85. The highest BCUT2D eigenvalue weighted by atomic mass is 32.1. The topological polar surface area (TPSA) is 71.3 Å². The van der Waals surface area contributed by atoms with E-state index in [1.165, 1.54) is 16.9 Å². The van der Waals surface area contributed by atoms with Crippen LogP contribution in [0.2, 0.25) is 0 Å². The summed E-state index contributed by atoms with van der Waals surface area (Å²) in [5.41, 5.74) is 3.87. The van der Waals surface area contributed by atoms with Crippen molar-refractivity contribution in [3.8, 4) is 0 Å². The molecule has 2 aromatic heterocycles. The molecular weight excluding hydrogens is 396 g/mol. The molecule has 1 aliphatic rings. The number of thiazole rings is 1. The summed E-state index contributed by atoms with van der Waals surface area (Å²) < 4.78 is 5.33. The third-order valence-electron chi connectivity index (χ3n) is 5.49. The molecule has 0 radical (unpaired) electrons. The summed E-state index contributed by atoms with van der Waals surface area (Å²) in [6, 6.07) is 8.04. The number of rotatable bonds is 5. The molecule has 1 N–H and O–H groups in total. The number of carbonyl (C=O) groups is 1. The molecule has 3 heterocycles. The van der Waals surface area contributed by atoms with Gasteiger partial charge in [0.15, 0.2) is 11.0 Å². The van der Waals surface area contributed by atoms with Gasteiger partial charge in [0.25, 0.3) is 5.91 Å². The number of anilines is 1. The van der Waals surface area contributed by atoms with Crippen LogP contribution in [0.5, 0.6) is 0 Å². The van der Waals surface area contributed by atoms with Crippen LogP contribution in [0.3, 0.4) is 0 Å². The van der Waals surface area contributed by atoms with E-state index in [0.29, 0.717) is 16.6 Å². The van der Waals surface area contributed by atoms with Crippen LogP contribution >= 0.6 is 11.3 Å². The Labute approximate surface area is 181 Å². The van der Waals surface area contributed by atoms with E-state index in [4.69, 9.17) is 9.40 Å². The molecule has 30 heavy (non-hydrogen) atoms. The number of hydrogen-bond donors (Lipinski definition) is 1. The van der Waals surface area contributed by atoms with Gasteiger partial charge in [0.05, 0.1) is 17.4 Å². The lowest BCUT2D eigenvalue weighted by Crippen LogP contribution is -2.23. The van der Waals surface area contributed by atoms with Crippen molar-refractivity contribution in [3.05, 3.63) is 64.3 Å². The molecule has 7 heteroatoms. The quantitative estimate of drug-likeness (QED) is 0.600. The molecule has 6 nitrogen and oxygen atoms in total. The molecule has 1 atom stereocenters. The van der Waals surface area contributed by atoms with E-state index < -0.39 is 0 Å². The van der Waals surface area contributed by atoms with Crippen LogP contribution in [-0.2, 0) is 12.0 Å². The number of nitrogens with one attached hydrogen (secondary N) is 1. The van der Waals surface area contributed by atoms with Gasteiger partial charge in [0, 0.05) is 24.4 Å². The zero-order valence-corrected chi connectivity index (χ0v) is 18.8. The Kier molecular flexibility index (Phi) is 5.75. The first-order valence-corrected chi connectivity index (χ1v) is 11.2. The number of likely N-dealkylation sites (tertiary alicyclic amines) is 1. The molecule has 1 saturated heterocycles. The number of oxazole rings is 1. The van der Waals surface area contributed by atoms with Crippen molar-refractivity contribution in [2.24, 2.45) is 0 Å². The Morgan fingerprint density at radius 1 is 1.27 bits per heavy atom. The summed E-state index contributed by atoms with van der Waals surface area (Å²) in [5, 5.41) is 5.64. The first-order chi connectivity index (χ1) is 14.3. The summed E-state index contributed by atoms with van der Waals surface area (Å²) in [4.78, 5) is 24.1. The number of aromatic nitrogens is 2. The number of nitrogens with zero attached hydrogens (tertiary/aromatic N) is 3. The molecule has 4 rings (SSSR count). The highest BCUT2D eigenvalue weighted by molar-refractivity contribution is 7.14. The van der Waals surface area contributed by atoms with Gasteiger partial charge < -0.3 is 4.42 Å². The van der Waals surface area contributed by atoms with E-state index >= 15 is 0 Å². The highest BCUT2D eigenvalue weighted by Gasteiger charge is 2.29. The van der Waals surface area contributed by atoms with Crippen molar-refractivity contribution in [1.82, 2.24) is 14.9 Å². The molecule has 0 saturated carbocycles. The van der Waals surface area contributed by atoms with Gasteiger partial charge in [-0.3, -0.25) is 15.0 Å². The predicted octanol–water partition coefficient (Wildman–Crippen LogP) is 5.33. The number of benzene rings is 1. The van der Waals surface area contributed by atoms with Gasteiger partial charge in [-0.1, -0.05) is 32.9 Å². The van der Waals surface area contributed by atoms with Gasteiger partial charge in [0.1, 0.15) is 6.26 Å². The lowest BCUT2D eigenvalue weighted by Gasteiger charge is -2.21. The molecular formula is C23H28N4O2S. The van der Waals surface area contributed by atoms with Gasteiger partial charge in [0.2, 0.25) is 0 Å². The van der Waals surface area contributed by atoms with Gasteiger partial charge >= 0.3 is 0 Å². The minimum Gasteiger partial charge on any atom is -0.449 e. The average molecular weight is 425 g/mol. The highest BCUT2D eigenvalue weighted by Crippen LogP contribution is 2.34. The molecule has 1 aliphatic heterocycles. The first-order valence-electron chi connectivity index (χ1n) is 10.3. The summed E-state index contributed by atoms with van der Waals surface area (Å²) in [6.07, 6.45) is 3.91. The average Bonchev–Trinajstić information content (AvgIpc) is 3.43. The van der Waals surface area contributed by atoms with Crippen LogP contribution in [-0.4, -0.2) is 27.3 Å². The number of aryl methyl sites for hydroxylation is 1. The predicted molar refractivity (Wildman–Crippen MR) is 119 cm³/mol. The third kappa shape index (κ3) is 4.63. The van der Waals surface area contributed by atoms with Gasteiger partial charge in [-0.05, 0) is 42.5 Å². The Bertz CT molecular complexity index is 1020. The second kappa shape index (κ2) is 8.32. The molecule has 0 unspecified atom stereocenters. The Morgan fingerprint density at radius 2 is 2.03 bits per heavy atom. The van der Waals surface area contributed by atoms with Crippen molar-refractivity contribution in [2.45, 2.75) is 58.5 Å². The van der Waals surface area contributed by atoms with Crippen LogP contribution < -0.4 is 5.32 Å². The van der Waals surface area contributed by atoms with E-state index in [1.807, 2.05) is 31.2 Å². The zero-order chi connectivity index (χ0) is 21.3. The van der Waals surface area contributed by atoms with E-state index in [2.05, 4.69) is 41.4 Å². The summed E-state index contributed by atoms with van der Waals surface area (Å²) in [6.45, 7) is 10.1. The normalized spacial score (nSPS) is 17.4. The minimum absolute atomic E-state index is 0.0665. The van der Waals surface area contributed by atoms with E-state index in [0.717, 1.165) is 37.3 Å². The Hall–Kier alpha value is -2.51. The van der Waals surface area contributed by atoms with Crippen LogP contribution in [0.4, 0.5) is 5.13 Å². The Balaban J connectivity index is 1.41. The molecule has 158 valence electrons. The molecule has 1 fully saturated rings. The van der Waals surface area contributed by atoms with Gasteiger partial charge in [-0.15, -0.1) is 11.3 Å². The number of hydrogen-bond acceptors (Lipinski definition) is 6. The zero-order valence-electron chi connectivity index (χ0n) is 17.9. The van der Waals surface area contributed by atoms with Crippen molar-refractivity contribution in [2.75, 3.05) is 11.9 Å².